The minimum Gasteiger partial charge on any atom is -0.367 e. The summed E-state index contributed by atoms with van der Waals surface area (Å²) in [5, 5.41) is 8.75. The highest BCUT2D eigenvalue weighted by atomic mass is 79.9. The summed E-state index contributed by atoms with van der Waals surface area (Å²) in [6, 6.07) is 10.5. The molecule has 0 saturated heterocycles. The van der Waals surface area contributed by atoms with E-state index in [1.54, 1.807) is 0 Å². The van der Waals surface area contributed by atoms with Gasteiger partial charge in [0.15, 0.2) is 0 Å². The second-order valence-electron chi connectivity index (χ2n) is 3.52. The van der Waals surface area contributed by atoms with Gasteiger partial charge < -0.3 is 4.90 Å². The fourth-order valence-electron chi connectivity index (χ4n) is 1.68. The smallest absolute Gasteiger partial charge is 0.0945 e. The molecule has 1 aromatic rings. The maximum absolute atomic E-state index is 8.75. The SMILES string of the molecule is N#CC1=CCN(c2cccc(Br)c2)CC1. The van der Waals surface area contributed by atoms with Crippen LogP contribution in [0, 0.1) is 11.3 Å². The Labute approximate surface area is 97.9 Å². The van der Waals surface area contributed by atoms with E-state index in [1.807, 2.05) is 18.2 Å². The van der Waals surface area contributed by atoms with Crippen LogP contribution < -0.4 is 4.90 Å². The van der Waals surface area contributed by atoms with E-state index in [4.69, 9.17) is 5.26 Å². The van der Waals surface area contributed by atoms with Gasteiger partial charge in [-0.05, 0) is 24.6 Å². The fourth-order valence-corrected chi connectivity index (χ4v) is 2.07. The third-order valence-electron chi connectivity index (χ3n) is 2.53. The van der Waals surface area contributed by atoms with Gasteiger partial charge >= 0.3 is 0 Å². The van der Waals surface area contributed by atoms with Gasteiger partial charge in [-0.25, -0.2) is 0 Å². The van der Waals surface area contributed by atoms with Gasteiger partial charge in [0.25, 0.3) is 0 Å². The molecule has 0 aliphatic carbocycles. The van der Waals surface area contributed by atoms with Crippen LogP contribution in [0.2, 0.25) is 0 Å². The first-order valence-corrected chi connectivity index (χ1v) is 5.68. The van der Waals surface area contributed by atoms with Gasteiger partial charge in [-0.15, -0.1) is 0 Å². The van der Waals surface area contributed by atoms with Crippen molar-refractivity contribution in [2.24, 2.45) is 0 Å². The largest absolute Gasteiger partial charge is 0.367 e. The Morgan fingerprint density at radius 1 is 1.40 bits per heavy atom. The minimum atomic E-state index is 0.833. The highest BCUT2D eigenvalue weighted by molar-refractivity contribution is 9.10. The molecule has 1 aliphatic rings. The molecule has 0 amide bonds. The number of nitrogens with zero attached hydrogens (tertiary/aromatic N) is 2. The molecule has 0 unspecified atom stereocenters. The Hall–Kier alpha value is -1.27. The molecule has 15 heavy (non-hydrogen) atoms. The Morgan fingerprint density at radius 2 is 2.27 bits per heavy atom. The van der Waals surface area contributed by atoms with Crippen molar-refractivity contribution < 1.29 is 0 Å². The number of hydrogen-bond donors (Lipinski definition) is 0. The van der Waals surface area contributed by atoms with Gasteiger partial charge in [-0.1, -0.05) is 28.1 Å². The van der Waals surface area contributed by atoms with E-state index in [1.165, 1.54) is 5.69 Å². The Balaban J connectivity index is 2.15. The van der Waals surface area contributed by atoms with E-state index >= 15 is 0 Å². The van der Waals surface area contributed by atoms with Gasteiger partial charge in [-0.3, -0.25) is 0 Å². The number of anilines is 1. The molecule has 0 N–H and O–H groups in total. The van der Waals surface area contributed by atoms with E-state index < -0.39 is 0 Å². The lowest BCUT2D eigenvalue weighted by Crippen LogP contribution is -2.28. The molecule has 1 heterocycles. The van der Waals surface area contributed by atoms with Gasteiger partial charge in [0.1, 0.15) is 0 Å². The first-order chi connectivity index (χ1) is 7.29. The molecule has 3 heteroatoms. The van der Waals surface area contributed by atoms with E-state index in [0.717, 1.165) is 29.6 Å². The molecular weight excluding hydrogens is 252 g/mol. The first-order valence-electron chi connectivity index (χ1n) is 4.89. The predicted molar refractivity (Wildman–Crippen MR) is 64.7 cm³/mol. The van der Waals surface area contributed by atoms with Crippen LogP contribution in [0.5, 0.6) is 0 Å². The van der Waals surface area contributed by atoms with Crippen LogP contribution in [-0.2, 0) is 0 Å². The molecule has 0 aromatic heterocycles. The summed E-state index contributed by atoms with van der Waals surface area (Å²) in [5.74, 6) is 0. The molecule has 0 bridgehead atoms. The van der Waals surface area contributed by atoms with E-state index in [9.17, 15) is 0 Å². The lowest BCUT2D eigenvalue weighted by molar-refractivity contribution is 0.802. The maximum atomic E-state index is 8.75. The van der Waals surface area contributed by atoms with Crippen molar-refractivity contribution in [2.75, 3.05) is 18.0 Å². The fraction of sp³-hybridized carbons (Fsp3) is 0.250. The second kappa shape index (κ2) is 4.50. The zero-order valence-electron chi connectivity index (χ0n) is 8.28. The van der Waals surface area contributed by atoms with Crippen molar-refractivity contribution in [1.29, 1.82) is 5.26 Å². The summed E-state index contributed by atoms with van der Waals surface area (Å²) >= 11 is 3.46. The van der Waals surface area contributed by atoms with Crippen LogP contribution in [0.15, 0.2) is 40.4 Å². The molecule has 1 aliphatic heterocycles. The number of halogens is 1. The summed E-state index contributed by atoms with van der Waals surface area (Å²) in [5.41, 5.74) is 2.11. The van der Waals surface area contributed by atoms with Gasteiger partial charge in [0.05, 0.1) is 6.07 Å². The van der Waals surface area contributed by atoms with Gasteiger partial charge in [-0.2, -0.15) is 5.26 Å². The zero-order valence-corrected chi connectivity index (χ0v) is 9.87. The normalized spacial score (nSPS) is 15.7. The molecule has 0 radical (unpaired) electrons. The van der Waals surface area contributed by atoms with Gasteiger partial charge in [0.2, 0.25) is 0 Å². The molecule has 0 spiro atoms. The van der Waals surface area contributed by atoms with Crippen LogP contribution in [0.4, 0.5) is 5.69 Å². The van der Waals surface area contributed by atoms with Crippen LogP contribution in [0.25, 0.3) is 0 Å². The molecule has 2 nitrogen and oxygen atoms in total. The van der Waals surface area contributed by atoms with E-state index in [0.29, 0.717) is 0 Å². The number of rotatable bonds is 1. The molecule has 76 valence electrons. The Kier molecular flexibility index (Phi) is 3.08. The predicted octanol–water partition coefficient (Wildman–Crippen LogP) is 3.11. The van der Waals surface area contributed by atoms with Gasteiger partial charge in [0, 0.05) is 28.8 Å². The quantitative estimate of drug-likeness (QED) is 0.778. The summed E-state index contributed by atoms with van der Waals surface area (Å²) in [4.78, 5) is 2.27. The Morgan fingerprint density at radius 3 is 2.87 bits per heavy atom. The number of hydrogen-bond acceptors (Lipinski definition) is 2. The number of nitriles is 1. The van der Waals surface area contributed by atoms with E-state index in [-0.39, 0.29) is 0 Å². The highest BCUT2D eigenvalue weighted by Crippen LogP contribution is 2.22. The average Bonchev–Trinajstić information content (AvgIpc) is 2.29. The van der Waals surface area contributed by atoms with Crippen LogP contribution in [-0.4, -0.2) is 13.1 Å². The van der Waals surface area contributed by atoms with Crippen molar-refractivity contribution >= 4 is 21.6 Å². The van der Waals surface area contributed by atoms with Crippen LogP contribution >= 0.6 is 15.9 Å². The highest BCUT2D eigenvalue weighted by Gasteiger charge is 2.11. The lowest BCUT2D eigenvalue weighted by Gasteiger charge is -2.26. The van der Waals surface area contributed by atoms with Crippen LogP contribution in [0.1, 0.15) is 6.42 Å². The summed E-state index contributed by atoms with van der Waals surface area (Å²) in [6.45, 7) is 1.76. The van der Waals surface area contributed by atoms with Crippen LogP contribution in [0.3, 0.4) is 0 Å². The first kappa shape index (κ1) is 10.3. The minimum absolute atomic E-state index is 0.833. The third-order valence-corrected chi connectivity index (χ3v) is 3.02. The van der Waals surface area contributed by atoms with Crippen molar-refractivity contribution in [2.45, 2.75) is 6.42 Å². The summed E-state index contributed by atoms with van der Waals surface area (Å²) < 4.78 is 1.09. The molecule has 0 saturated carbocycles. The topological polar surface area (TPSA) is 27.0 Å². The molecule has 1 aromatic carbocycles. The van der Waals surface area contributed by atoms with Crippen molar-refractivity contribution in [3.8, 4) is 6.07 Å². The monoisotopic (exact) mass is 262 g/mol. The van der Waals surface area contributed by atoms with Crippen molar-refractivity contribution in [1.82, 2.24) is 0 Å². The van der Waals surface area contributed by atoms with Crippen molar-refractivity contribution in [3.05, 3.63) is 40.4 Å². The lowest BCUT2D eigenvalue weighted by atomic mass is 10.1. The molecule has 0 fully saturated rings. The van der Waals surface area contributed by atoms with E-state index in [2.05, 4.69) is 39.0 Å². The average molecular weight is 263 g/mol. The Bertz CT molecular complexity index is 431. The number of benzene rings is 1. The standard InChI is InChI=1S/C12H11BrN2/c13-11-2-1-3-12(8-11)15-6-4-10(9-14)5-7-15/h1-4,8H,5-7H2. The second-order valence-corrected chi connectivity index (χ2v) is 4.43. The summed E-state index contributed by atoms with van der Waals surface area (Å²) in [6.07, 6.45) is 2.85. The summed E-state index contributed by atoms with van der Waals surface area (Å²) in [7, 11) is 0. The molecular formula is C12H11BrN2. The maximum Gasteiger partial charge on any atom is 0.0945 e. The molecule has 0 atom stereocenters. The zero-order chi connectivity index (χ0) is 10.7. The molecule has 2 rings (SSSR count). The van der Waals surface area contributed by atoms with Crippen molar-refractivity contribution in [3.63, 3.8) is 0 Å². The third kappa shape index (κ3) is 2.40.